The lowest BCUT2D eigenvalue weighted by atomic mass is 10.1. The zero-order valence-corrected chi connectivity index (χ0v) is 20.8. The summed E-state index contributed by atoms with van der Waals surface area (Å²) < 4.78 is 20.7. The van der Waals surface area contributed by atoms with E-state index in [1.165, 1.54) is 36.9 Å². The number of nitrogens with zero attached hydrogens (tertiary/aromatic N) is 4. The Morgan fingerprint density at radius 2 is 1.94 bits per heavy atom. The summed E-state index contributed by atoms with van der Waals surface area (Å²) in [5.41, 5.74) is 1.23. The second kappa shape index (κ2) is 10.9. The second-order valence-electron chi connectivity index (χ2n) is 7.75. The molecular formula is C24H21Cl2FN6O3. The van der Waals surface area contributed by atoms with Crippen molar-refractivity contribution in [1.82, 2.24) is 24.8 Å². The van der Waals surface area contributed by atoms with Crippen molar-refractivity contribution in [1.29, 1.82) is 0 Å². The summed E-state index contributed by atoms with van der Waals surface area (Å²) in [7, 11) is 1.35. The molecule has 0 fully saturated rings. The van der Waals surface area contributed by atoms with Gasteiger partial charge in [0.1, 0.15) is 11.2 Å². The topological polar surface area (TPSA) is 111 Å². The van der Waals surface area contributed by atoms with Crippen LogP contribution in [0.2, 0.25) is 10.0 Å². The highest BCUT2D eigenvalue weighted by molar-refractivity contribution is 6.42. The molecule has 0 unspecified atom stereocenters. The molecule has 186 valence electrons. The minimum Gasteiger partial charge on any atom is -0.494 e. The van der Waals surface area contributed by atoms with Crippen molar-refractivity contribution in [2.75, 3.05) is 19.0 Å². The molecule has 0 spiro atoms. The van der Waals surface area contributed by atoms with Crippen LogP contribution >= 0.6 is 23.2 Å². The maximum Gasteiger partial charge on any atom is 0.278 e. The SMILES string of the molecule is COc1ccc(-c2nc3cnc(NCc4ccc(Cl)c(Cl)c4)nc3n(CCNC(C)=O)c2=O)cc1F. The maximum absolute atomic E-state index is 14.3. The predicted octanol–water partition coefficient (Wildman–Crippen LogP) is 4.06. The monoisotopic (exact) mass is 530 g/mol. The van der Waals surface area contributed by atoms with Crippen molar-refractivity contribution in [3.05, 3.63) is 74.4 Å². The minimum atomic E-state index is -0.626. The smallest absolute Gasteiger partial charge is 0.278 e. The summed E-state index contributed by atoms with van der Waals surface area (Å²) in [4.78, 5) is 38.0. The van der Waals surface area contributed by atoms with E-state index in [2.05, 4.69) is 25.6 Å². The largest absolute Gasteiger partial charge is 0.494 e. The van der Waals surface area contributed by atoms with Gasteiger partial charge < -0.3 is 15.4 Å². The fraction of sp³-hybridized carbons (Fsp3) is 0.208. The molecule has 9 nitrogen and oxygen atoms in total. The molecule has 0 bridgehead atoms. The summed E-state index contributed by atoms with van der Waals surface area (Å²) in [6, 6.07) is 9.38. The van der Waals surface area contributed by atoms with Crippen molar-refractivity contribution in [2.45, 2.75) is 20.0 Å². The van der Waals surface area contributed by atoms with E-state index in [-0.39, 0.29) is 47.6 Å². The Morgan fingerprint density at radius 3 is 2.64 bits per heavy atom. The Bertz CT molecular complexity index is 1510. The standard InChI is InChI=1S/C24H21Cl2FN6O3/c1-13(34)28-7-8-33-22-19(31-21(23(33)35)15-4-6-20(36-2)18(27)10-15)12-30-24(32-22)29-11-14-3-5-16(25)17(26)9-14/h3-6,9-10,12H,7-8,11H2,1-2H3,(H,28,34)(H,29,30,32). The number of halogens is 3. The molecule has 4 aromatic rings. The molecule has 2 N–H and O–H groups in total. The van der Waals surface area contributed by atoms with Crippen molar-refractivity contribution >= 4 is 46.2 Å². The van der Waals surface area contributed by atoms with Crippen LogP contribution in [0, 0.1) is 5.82 Å². The van der Waals surface area contributed by atoms with Crippen LogP contribution in [-0.2, 0) is 17.9 Å². The number of carbonyl (C=O) groups is 1. The van der Waals surface area contributed by atoms with Gasteiger partial charge in [-0.15, -0.1) is 0 Å². The van der Waals surface area contributed by atoms with Gasteiger partial charge in [-0.05, 0) is 35.9 Å². The van der Waals surface area contributed by atoms with Crippen molar-refractivity contribution in [3.8, 4) is 17.0 Å². The summed E-state index contributed by atoms with van der Waals surface area (Å²) in [5, 5.41) is 6.62. The number of carbonyl (C=O) groups excluding carboxylic acids is 1. The molecule has 0 aliphatic carbocycles. The minimum absolute atomic E-state index is 0.0204. The third-order valence-corrected chi connectivity index (χ3v) is 5.99. The Hall–Kier alpha value is -3.76. The lowest BCUT2D eigenvalue weighted by Crippen LogP contribution is -2.31. The molecule has 1 amide bonds. The number of rotatable bonds is 8. The van der Waals surface area contributed by atoms with Crippen LogP contribution < -0.4 is 20.9 Å². The zero-order valence-electron chi connectivity index (χ0n) is 19.3. The van der Waals surface area contributed by atoms with Gasteiger partial charge >= 0.3 is 0 Å². The molecule has 0 saturated heterocycles. The molecular weight excluding hydrogens is 510 g/mol. The third kappa shape index (κ3) is 5.55. The number of anilines is 1. The average Bonchev–Trinajstić information content (AvgIpc) is 2.85. The van der Waals surface area contributed by atoms with Gasteiger partial charge in [-0.1, -0.05) is 29.3 Å². The molecule has 12 heteroatoms. The first-order valence-electron chi connectivity index (χ1n) is 10.8. The fourth-order valence-corrected chi connectivity index (χ4v) is 3.83. The van der Waals surface area contributed by atoms with E-state index in [0.29, 0.717) is 22.1 Å². The van der Waals surface area contributed by atoms with Gasteiger partial charge in [0, 0.05) is 32.1 Å². The van der Waals surface area contributed by atoms with Crippen molar-refractivity contribution < 1.29 is 13.9 Å². The molecule has 0 aliphatic heterocycles. The highest BCUT2D eigenvalue weighted by Gasteiger charge is 2.17. The van der Waals surface area contributed by atoms with Gasteiger partial charge in [-0.3, -0.25) is 14.2 Å². The summed E-state index contributed by atoms with van der Waals surface area (Å²) in [5.74, 6) is -0.561. The lowest BCUT2D eigenvalue weighted by molar-refractivity contribution is -0.118. The van der Waals surface area contributed by atoms with Crippen molar-refractivity contribution in [2.24, 2.45) is 0 Å². The fourth-order valence-electron chi connectivity index (χ4n) is 3.51. The van der Waals surface area contributed by atoms with E-state index in [4.69, 9.17) is 27.9 Å². The van der Waals surface area contributed by atoms with E-state index in [1.54, 1.807) is 18.2 Å². The molecule has 0 aliphatic rings. The van der Waals surface area contributed by atoms with Crippen LogP contribution in [0.25, 0.3) is 22.4 Å². The predicted molar refractivity (Wildman–Crippen MR) is 136 cm³/mol. The zero-order chi connectivity index (χ0) is 25.8. The van der Waals surface area contributed by atoms with Crippen LogP contribution in [-0.4, -0.2) is 39.1 Å². The number of fused-ring (bicyclic) bond motifs is 1. The van der Waals surface area contributed by atoms with Gasteiger partial charge in [-0.25, -0.2) is 14.4 Å². The Balaban J connectivity index is 1.74. The normalized spacial score (nSPS) is 10.9. The molecule has 2 aromatic heterocycles. The first kappa shape index (κ1) is 25.3. The summed E-state index contributed by atoms with van der Waals surface area (Å²) in [6.07, 6.45) is 1.47. The van der Waals surface area contributed by atoms with Crippen LogP contribution in [0.1, 0.15) is 12.5 Å². The molecule has 4 rings (SSSR count). The number of hydrogen-bond acceptors (Lipinski definition) is 7. The van der Waals surface area contributed by atoms with E-state index < -0.39 is 11.4 Å². The number of hydrogen-bond donors (Lipinski definition) is 2. The van der Waals surface area contributed by atoms with Gasteiger partial charge in [0.2, 0.25) is 11.9 Å². The van der Waals surface area contributed by atoms with Crippen LogP contribution in [0.5, 0.6) is 5.75 Å². The summed E-state index contributed by atoms with van der Waals surface area (Å²) >= 11 is 12.0. The van der Waals surface area contributed by atoms with E-state index >= 15 is 0 Å². The molecule has 0 saturated carbocycles. The number of amides is 1. The molecule has 2 heterocycles. The first-order valence-corrected chi connectivity index (χ1v) is 11.6. The number of benzene rings is 2. The molecule has 0 atom stereocenters. The molecule has 36 heavy (non-hydrogen) atoms. The van der Waals surface area contributed by atoms with Gasteiger partial charge in [0.05, 0.1) is 23.4 Å². The maximum atomic E-state index is 14.3. The highest BCUT2D eigenvalue weighted by Crippen LogP contribution is 2.25. The Labute approximate surface area is 215 Å². The molecule has 0 radical (unpaired) electrons. The first-order chi connectivity index (χ1) is 17.3. The van der Waals surface area contributed by atoms with Crippen molar-refractivity contribution in [3.63, 3.8) is 0 Å². The number of aromatic nitrogens is 4. The van der Waals surface area contributed by atoms with E-state index in [0.717, 1.165) is 5.56 Å². The number of ether oxygens (including phenoxy) is 1. The van der Waals surface area contributed by atoms with E-state index in [1.807, 2.05) is 6.07 Å². The highest BCUT2D eigenvalue weighted by atomic mass is 35.5. The summed E-state index contributed by atoms with van der Waals surface area (Å²) in [6.45, 7) is 2.04. The van der Waals surface area contributed by atoms with Crippen LogP contribution in [0.3, 0.4) is 0 Å². The quantitative estimate of drug-likeness (QED) is 0.353. The van der Waals surface area contributed by atoms with Gasteiger partial charge in [0.25, 0.3) is 5.56 Å². The average molecular weight is 531 g/mol. The van der Waals surface area contributed by atoms with Crippen LogP contribution in [0.4, 0.5) is 10.3 Å². The Kier molecular flexibility index (Phi) is 7.66. The van der Waals surface area contributed by atoms with E-state index in [9.17, 15) is 14.0 Å². The van der Waals surface area contributed by atoms with Gasteiger partial charge in [0.15, 0.2) is 17.2 Å². The van der Waals surface area contributed by atoms with Crippen LogP contribution in [0.15, 0.2) is 47.4 Å². The van der Waals surface area contributed by atoms with Gasteiger partial charge in [-0.2, -0.15) is 4.98 Å². The lowest BCUT2D eigenvalue weighted by Gasteiger charge is -2.13. The Morgan fingerprint density at radius 1 is 1.14 bits per heavy atom. The number of methoxy groups -OCH3 is 1. The number of nitrogens with one attached hydrogen (secondary N) is 2. The second-order valence-corrected chi connectivity index (χ2v) is 8.57. The molecule has 2 aromatic carbocycles. The third-order valence-electron chi connectivity index (χ3n) is 5.25.